The average Bonchev–Trinajstić information content (AvgIpc) is 2.54. The summed E-state index contributed by atoms with van der Waals surface area (Å²) in [5.41, 5.74) is 2.26. The summed E-state index contributed by atoms with van der Waals surface area (Å²) < 4.78 is 5.79. The monoisotopic (exact) mass is 299 g/mol. The summed E-state index contributed by atoms with van der Waals surface area (Å²) >= 11 is 0. The van der Waals surface area contributed by atoms with Crippen molar-refractivity contribution in [2.75, 3.05) is 6.54 Å². The zero-order chi connectivity index (χ0) is 15.6. The highest BCUT2D eigenvalue weighted by atomic mass is 16.5. The van der Waals surface area contributed by atoms with E-state index in [0.29, 0.717) is 26.1 Å². The van der Waals surface area contributed by atoms with E-state index >= 15 is 0 Å². The summed E-state index contributed by atoms with van der Waals surface area (Å²) in [6, 6.07) is 18.0. The van der Waals surface area contributed by atoms with Crippen LogP contribution in [0.25, 0.3) is 0 Å². The molecule has 0 amide bonds. The first kappa shape index (κ1) is 16.0. The van der Waals surface area contributed by atoms with Crippen LogP contribution < -0.4 is 10.1 Å². The zero-order valence-electron chi connectivity index (χ0n) is 12.5. The average molecular weight is 299 g/mol. The quantitative estimate of drug-likeness (QED) is 0.698. The number of ether oxygens (including phenoxy) is 1. The van der Waals surface area contributed by atoms with E-state index in [1.165, 1.54) is 0 Å². The van der Waals surface area contributed by atoms with Crippen LogP contribution in [0.15, 0.2) is 54.6 Å². The molecule has 0 atom stereocenters. The highest BCUT2D eigenvalue weighted by molar-refractivity contribution is 5.66. The fourth-order valence-electron chi connectivity index (χ4n) is 2.08. The second-order valence-electron chi connectivity index (χ2n) is 5.10. The Bertz CT molecular complexity index is 584. The van der Waals surface area contributed by atoms with Crippen molar-refractivity contribution in [2.45, 2.75) is 26.0 Å². The Hall–Kier alpha value is -2.33. The molecule has 2 N–H and O–H groups in total. The van der Waals surface area contributed by atoms with E-state index in [1.807, 2.05) is 54.6 Å². The van der Waals surface area contributed by atoms with Crippen LogP contribution in [0.5, 0.6) is 5.75 Å². The van der Waals surface area contributed by atoms with Crippen LogP contribution in [-0.4, -0.2) is 17.6 Å². The molecule has 22 heavy (non-hydrogen) atoms. The zero-order valence-corrected chi connectivity index (χ0v) is 12.5. The van der Waals surface area contributed by atoms with E-state index in [2.05, 4.69) is 5.32 Å². The number of carboxylic acids is 1. The van der Waals surface area contributed by atoms with Gasteiger partial charge in [0.1, 0.15) is 12.4 Å². The normalized spacial score (nSPS) is 10.4. The van der Waals surface area contributed by atoms with Crippen molar-refractivity contribution in [3.8, 4) is 5.75 Å². The van der Waals surface area contributed by atoms with Crippen molar-refractivity contribution < 1.29 is 14.6 Å². The minimum atomic E-state index is -0.752. The van der Waals surface area contributed by atoms with Crippen LogP contribution in [0.3, 0.4) is 0 Å². The minimum Gasteiger partial charge on any atom is -0.489 e. The van der Waals surface area contributed by atoms with Gasteiger partial charge in [-0.3, -0.25) is 4.79 Å². The van der Waals surface area contributed by atoms with E-state index < -0.39 is 5.97 Å². The molecular formula is C18H21NO3. The predicted octanol–water partition coefficient (Wildman–Crippen LogP) is 3.22. The maximum atomic E-state index is 10.4. The molecule has 4 heteroatoms. The number of hydrogen-bond acceptors (Lipinski definition) is 3. The summed E-state index contributed by atoms with van der Waals surface area (Å²) in [4.78, 5) is 10.4. The summed E-state index contributed by atoms with van der Waals surface area (Å²) in [5, 5.41) is 11.8. The molecule has 2 aromatic carbocycles. The molecule has 4 nitrogen and oxygen atoms in total. The summed E-state index contributed by atoms with van der Waals surface area (Å²) in [6.07, 6.45) is 0.840. The summed E-state index contributed by atoms with van der Waals surface area (Å²) in [5.74, 6) is 0.0896. The van der Waals surface area contributed by atoms with Crippen LogP contribution in [0.4, 0.5) is 0 Å². The molecule has 0 aliphatic heterocycles. The van der Waals surface area contributed by atoms with Gasteiger partial charge in [0.25, 0.3) is 0 Å². The van der Waals surface area contributed by atoms with E-state index in [9.17, 15) is 4.79 Å². The van der Waals surface area contributed by atoms with Gasteiger partial charge in [0.05, 0.1) is 0 Å². The molecule has 0 aliphatic rings. The topological polar surface area (TPSA) is 58.6 Å². The number of rotatable bonds is 9. The molecule has 0 aromatic heterocycles. The molecule has 0 unspecified atom stereocenters. The Balaban J connectivity index is 1.76. The lowest BCUT2D eigenvalue weighted by Gasteiger charge is -2.09. The maximum absolute atomic E-state index is 10.4. The summed E-state index contributed by atoms with van der Waals surface area (Å²) in [6.45, 7) is 1.96. The molecule has 116 valence electrons. The lowest BCUT2D eigenvalue weighted by Crippen LogP contribution is -2.15. The molecule has 0 heterocycles. The molecule has 2 aromatic rings. The van der Waals surface area contributed by atoms with Crippen LogP contribution >= 0.6 is 0 Å². The molecule has 0 saturated heterocycles. The van der Waals surface area contributed by atoms with Crippen LogP contribution in [0.2, 0.25) is 0 Å². The first-order valence-corrected chi connectivity index (χ1v) is 7.42. The first-order chi connectivity index (χ1) is 10.7. The van der Waals surface area contributed by atoms with Gasteiger partial charge in [-0.15, -0.1) is 0 Å². The number of carboxylic acid groups (broad SMARTS) is 1. The van der Waals surface area contributed by atoms with Gasteiger partial charge < -0.3 is 15.2 Å². The van der Waals surface area contributed by atoms with Gasteiger partial charge >= 0.3 is 5.97 Å². The van der Waals surface area contributed by atoms with Crippen molar-refractivity contribution in [3.63, 3.8) is 0 Å². The fourth-order valence-corrected chi connectivity index (χ4v) is 2.08. The Kier molecular flexibility index (Phi) is 6.45. The first-order valence-electron chi connectivity index (χ1n) is 7.42. The smallest absolute Gasteiger partial charge is 0.303 e. The lowest BCUT2D eigenvalue weighted by atomic mass is 10.2. The van der Waals surface area contributed by atoms with Crippen LogP contribution in [0.1, 0.15) is 24.0 Å². The van der Waals surface area contributed by atoms with Crippen molar-refractivity contribution >= 4 is 5.97 Å². The Morgan fingerprint density at radius 1 is 1.05 bits per heavy atom. The standard InChI is InChI=1S/C18H21NO3/c20-18(21)10-5-11-19-13-16-8-4-9-17(12-16)22-14-15-6-2-1-3-7-15/h1-4,6-9,12,19H,5,10-11,13-14H2,(H,20,21). The lowest BCUT2D eigenvalue weighted by molar-refractivity contribution is -0.137. The second-order valence-corrected chi connectivity index (χ2v) is 5.10. The van der Waals surface area contributed by atoms with Crippen molar-refractivity contribution in [1.82, 2.24) is 5.32 Å². The van der Waals surface area contributed by atoms with Gasteiger partial charge in [0, 0.05) is 13.0 Å². The highest BCUT2D eigenvalue weighted by Gasteiger charge is 1.99. The number of nitrogens with one attached hydrogen (secondary N) is 1. The van der Waals surface area contributed by atoms with Gasteiger partial charge in [-0.25, -0.2) is 0 Å². The fraction of sp³-hybridized carbons (Fsp3) is 0.278. The van der Waals surface area contributed by atoms with Gasteiger partial charge in [-0.1, -0.05) is 42.5 Å². The number of benzene rings is 2. The van der Waals surface area contributed by atoms with Crippen molar-refractivity contribution in [3.05, 3.63) is 65.7 Å². The van der Waals surface area contributed by atoms with Crippen LogP contribution in [0, 0.1) is 0 Å². The molecule has 0 fully saturated rings. The van der Waals surface area contributed by atoms with E-state index in [-0.39, 0.29) is 6.42 Å². The molecule has 0 saturated carbocycles. The maximum Gasteiger partial charge on any atom is 0.303 e. The van der Waals surface area contributed by atoms with E-state index in [1.54, 1.807) is 0 Å². The van der Waals surface area contributed by atoms with E-state index in [4.69, 9.17) is 9.84 Å². The van der Waals surface area contributed by atoms with Crippen molar-refractivity contribution in [2.24, 2.45) is 0 Å². The minimum absolute atomic E-state index is 0.202. The molecular weight excluding hydrogens is 278 g/mol. The molecule has 0 spiro atoms. The Morgan fingerprint density at radius 2 is 1.82 bits per heavy atom. The van der Waals surface area contributed by atoms with E-state index in [0.717, 1.165) is 16.9 Å². The van der Waals surface area contributed by atoms with Gasteiger partial charge in [0.2, 0.25) is 0 Å². The third-order valence-corrected chi connectivity index (χ3v) is 3.22. The molecule has 0 radical (unpaired) electrons. The molecule has 2 rings (SSSR count). The second kappa shape index (κ2) is 8.85. The van der Waals surface area contributed by atoms with Gasteiger partial charge in [-0.2, -0.15) is 0 Å². The largest absolute Gasteiger partial charge is 0.489 e. The Morgan fingerprint density at radius 3 is 2.59 bits per heavy atom. The third kappa shape index (κ3) is 5.97. The third-order valence-electron chi connectivity index (χ3n) is 3.22. The number of carbonyl (C=O) groups is 1. The van der Waals surface area contributed by atoms with Crippen molar-refractivity contribution in [1.29, 1.82) is 0 Å². The molecule has 0 aliphatic carbocycles. The predicted molar refractivity (Wildman–Crippen MR) is 85.8 cm³/mol. The number of aliphatic carboxylic acids is 1. The summed E-state index contributed by atoms with van der Waals surface area (Å²) in [7, 11) is 0. The number of hydrogen-bond donors (Lipinski definition) is 2. The molecule has 0 bridgehead atoms. The van der Waals surface area contributed by atoms with Crippen LogP contribution in [-0.2, 0) is 17.9 Å². The van der Waals surface area contributed by atoms with Gasteiger partial charge in [0.15, 0.2) is 0 Å². The van der Waals surface area contributed by atoms with Gasteiger partial charge in [-0.05, 0) is 36.2 Å². The SMILES string of the molecule is O=C(O)CCCNCc1cccc(OCc2ccccc2)c1. The highest BCUT2D eigenvalue weighted by Crippen LogP contribution is 2.15. The Labute approximate surface area is 130 Å².